The van der Waals surface area contributed by atoms with Gasteiger partial charge in [0.15, 0.2) is 6.29 Å². The summed E-state index contributed by atoms with van der Waals surface area (Å²) in [6, 6.07) is 8.14. The second-order valence-electron chi connectivity index (χ2n) is 3.61. The Bertz CT molecular complexity index is 278. The lowest BCUT2D eigenvalue weighted by molar-refractivity contribution is -0.121. The number of aryl methyl sites for hydroxylation is 1. The van der Waals surface area contributed by atoms with Crippen molar-refractivity contribution in [3.05, 3.63) is 29.8 Å². The van der Waals surface area contributed by atoms with E-state index in [1.165, 1.54) is 5.56 Å². The second kappa shape index (κ2) is 7.25. The highest BCUT2D eigenvalue weighted by Gasteiger charge is 2.05. The first-order valence-electron chi connectivity index (χ1n) is 5.57. The van der Waals surface area contributed by atoms with E-state index in [1.807, 2.05) is 12.1 Å². The molecule has 3 heteroatoms. The fourth-order valence-electron chi connectivity index (χ4n) is 1.44. The predicted octanol–water partition coefficient (Wildman–Crippen LogP) is 2.64. The standard InChI is InChI=1S/C13H20O3/c1-4-5-11-6-8-12(9-7-11)16-10-13(14-2)15-3/h6-9,13H,4-5,10H2,1-3H3. The number of ether oxygens (including phenoxy) is 3. The molecule has 0 saturated heterocycles. The van der Waals surface area contributed by atoms with Crippen LogP contribution < -0.4 is 4.74 Å². The van der Waals surface area contributed by atoms with Crippen LogP contribution in [0.15, 0.2) is 24.3 Å². The first-order valence-corrected chi connectivity index (χ1v) is 5.57. The maximum Gasteiger partial charge on any atom is 0.191 e. The van der Waals surface area contributed by atoms with Crippen molar-refractivity contribution >= 4 is 0 Å². The lowest BCUT2D eigenvalue weighted by Gasteiger charge is -2.14. The van der Waals surface area contributed by atoms with Crippen LogP contribution in [0, 0.1) is 0 Å². The topological polar surface area (TPSA) is 27.7 Å². The molecule has 0 aromatic heterocycles. The number of hydrogen-bond donors (Lipinski definition) is 0. The van der Waals surface area contributed by atoms with Gasteiger partial charge in [-0.05, 0) is 24.1 Å². The van der Waals surface area contributed by atoms with Gasteiger partial charge >= 0.3 is 0 Å². The van der Waals surface area contributed by atoms with Gasteiger partial charge in [0.1, 0.15) is 12.4 Å². The van der Waals surface area contributed by atoms with Crippen LogP contribution >= 0.6 is 0 Å². The molecular formula is C13H20O3. The third-order valence-electron chi connectivity index (χ3n) is 2.37. The third-order valence-corrected chi connectivity index (χ3v) is 2.37. The number of benzene rings is 1. The number of rotatable bonds is 7. The molecule has 0 aliphatic carbocycles. The summed E-state index contributed by atoms with van der Waals surface area (Å²) in [5.41, 5.74) is 1.34. The van der Waals surface area contributed by atoms with E-state index in [0.29, 0.717) is 6.61 Å². The lowest BCUT2D eigenvalue weighted by Crippen LogP contribution is -2.21. The van der Waals surface area contributed by atoms with E-state index in [9.17, 15) is 0 Å². The van der Waals surface area contributed by atoms with Gasteiger partial charge in [-0.2, -0.15) is 0 Å². The molecule has 0 fully saturated rings. The normalized spacial score (nSPS) is 10.8. The van der Waals surface area contributed by atoms with E-state index in [4.69, 9.17) is 14.2 Å². The highest BCUT2D eigenvalue weighted by atomic mass is 16.7. The van der Waals surface area contributed by atoms with Crippen LogP contribution in [-0.4, -0.2) is 27.1 Å². The van der Waals surface area contributed by atoms with E-state index in [-0.39, 0.29) is 6.29 Å². The molecule has 0 atom stereocenters. The van der Waals surface area contributed by atoms with Crippen molar-refractivity contribution in [3.8, 4) is 5.75 Å². The molecular weight excluding hydrogens is 204 g/mol. The maximum atomic E-state index is 5.53. The lowest BCUT2D eigenvalue weighted by atomic mass is 10.1. The average molecular weight is 224 g/mol. The van der Waals surface area contributed by atoms with E-state index in [0.717, 1.165) is 18.6 Å². The van der Waals surface area contributed by atoms with Gasteiger partial charge in [0.25, 0.3) is 0 Å². The Labute approximate surface area is 97.3 Å². The summed E-state index contributed by atoms with van der Waals surface area (Å²) in [5, 5.41) is 0. The molecule has 0 aliphatic heterocycles. The molecule has 0 N–H and O–H groups in total. The second-order valence-corrected chi connectivity index (χ2v) is 3.61. The number of hydrogen-bond acceptors (Lipinski definition) is 3. The molecule has 0 bridgehead atoms. The summed E-state index contributed by atoms with van der Waals surface area (Å²) >= 11 is 0. The van der Waals surface area contributed by atoms with E-state index < -0.39 is 0 Å². The van der Waals surface area contributed by atoms with Crippen LogP contribution in [0.3, 0.4) is 0 Å². The minimum absolute atomic E-state index is 0.310. The first-order chi connectivity index (χ1) is 7.80. The molecule has 0 radical (unpaired) electrons. The zero-order chi connectivity index (χ0) is 11.8. The molecule has 16 heavy (non-hydrogen) atoms. The molecule has 1 rings (SSSR count). The van der Waals surface area contributed by atoms with Gasteiger partial charge in [0.05, 0.1) is 0 Å². The van der Waals surface area contributed by atoms with Crippen molar-refractivity contribution in [2.24, 2.45) is 0 Å². The monoisotopic (exact) mass is 224 g/mol. The third kappa shape index (κ3) is 4.21. The van der Waals surface area contributed by atoms with Crippen molar-refractivity contribution in [3.63, 3.8) is 0 Å². The molecule has 0 saturated carbocycles. The Morgan fingerprint density at radius 2 is 1.69 bits per heavy atom. The highest BCUT2D eigenvalue weighted by molar-refractivity contribution is 5.27. The summed E-state index contributed by atoms with van der Waals surface area (Å²) in [4.78, 5) is 0. The van der Waals surface area contributed by atoms with Gasteiger partial charge in [-0.25, -0.2) is 0 Å². The highest BCUT2D eigenvalue weighted by Crippen LogP contribution is 2.13. The smallest absolute Gasteiger partial charge is 0.191 e. The van der Waals surface area contributed by atoms with E-state index in [2.05, 4.69) is 19.1 Å². The fraction of sp³-hybridized carbons (Fsp3) is 0.538. The van der Waals surface area contributed by atoms with Crippen LogP contribution in [-0.2, 0) is 15.9 Å². The zero-order valence-corrected chi connectivity index (χ0v) is 10.2. The molecule has 0 heterocycles. The summed E-state index contributed by atoms with van der Waals surface area (Å²) in [7, 11) is 3.20. The number of methoxy groups -OCH3 is 2. The summed E-state index contributed by atoms with van der Waals surface area (Å²) < 4.78 is 15.6. The van der Waals surface area contributed by atoms with Crippen molar-refractivity contribution in [2.45, 2.75) is 26.1 Å². The first kappa shape index (κ1) is 13.0. The van der Waals surface area contributed by atoms with Gasteiger partial charge in [0.2, 0.25) is 0 Å². The SMILES string of the molecule is CCCc1ccc(OCC(OC)OC)cc1. The van der Waals surface area contributed by atoms with E-state index >= 15 is 0 Å². The fourth-order valence-corrected chi connectivity index (χ4v) is 1.44. The molecule has 1 aromatic rings. The van der Waals surface area contributed by atoms with Crippen molar-refractivity contribution < 1.29 is 14.2 Å². The maximum absolute atomic E-state index is 5.53. The average Bonchev–Trinajstić information content (AvgIpc) is 2.33. The van der Waals surface area contributed by atoms with Crippen LogP contribution in [0.2, 0.25) is 0 Å². The Morgan fingerprint density at radius 3 is 2.19 bits per heavy atom. The summed E-state index contributed by atoms with van der Waals surface area (Å²) in [6.07, 6.45) is 1.96. The van der Waals surface area contributed by atoms with Crippen molar-refractivity contribution in [1.82, 2.24) is 0 Å². The van der Waals surface area contributed by atoms with Crippen LogP contribution in [0.4, 0.5) is 0 Å². The molecule has 0 spiro atoms. The van der Waals surface area contributed by atoms with Gasteiger partial charge < -0.3 is 14.2 Å². The minimum Gasteiger partial charge on any atom is -0.488 e. The van der Waals surface area contributed by atoms with E-state index in [1.54, 1.807) is 14.2 Å². The van der Waals surface area contributed by atoms with Gasteiger partial charge in [-0.3, -0.25) is 0 Å². The molecule has 0 amide bonds. The zero-order valence-electron chi connectivity index (χ0n) is 10.2. The van der Waals surface area contributed by atoms with Crippen molar-refractivity contribution in [2.75, 3.05) is 20.8 Å². The minimum atomic E-state index is -0.310. The predicted molar refractivity (Wildman–Crippen MR) is 63.7 cm³/mol. The Hall–Kier alpha value is -1.06. The van der Waals surface area contributed by atoms with Gasteiger partial charge in [-0.15, -0.1) is 0 Å². The largest absolute Gasteiger partial charge is 0.488 e. The Balaban J connectivity index is 2.42. The molecule has 0 unspecified atom stereocenters. The Morgan fingerprint density at radius 1 is 1.06 bits per heavy atom. The molecule has 0 aliphatic rings. The van der Waals surface area contributed by atoms with Crippen LogP contribution in [0.1, 0.15) is 18.9 Å². The summed E-state index contributed by atoms with van der Waals surface area (Å²) in [6.45, 7) is 2.58. The van der Waals surface area contributed by atoms with Crippen LogP contribution in [0.25, 0.3) is 0 Å². The molecule has 3 nitrogen and oxygen atoms in total. The molecule has 1 aromatic carbocycles. The summed E-state index contributed by atoms with van der Waals surface area (Å²) in [5.74, 6) is 0.846. The van der Waals surface area contributed by atoms with Crippen LogP contribution in [0.5, 0.6) is 5.75 Å². The quantitative estimate of drug-likeness (QED) is 0.666. The Kier molecular flexibility index (Phi) is 5.90. The van der Waals surface area contributed by atoms with Crippen molar-refractivity contribution in [1.29, 1.82) is 0 Å². The molecule has 90 valence electrons. The van der Waals surface area contributed by atoms with Gasteiger partial charge in [-0.1, -0.05) is 25.5 Å². The van der Waals surface area contributed by atoms with Gasteiger partial charge in [0, 0.05) is 14.2 Å².